The summed E-state index contributed by atoms with van der Waals surface area (Å²) < 4.78 is 0. The smallest absolute Gasteiger partial charge is 0.319 e. The summed E-state index contributed by atoms with van der Waals surface area (Å²) in [6.45, 7) is 8.60. The first kappa shape index (κ1) is 16.7. The van der Waals surface area contributed by atoms with Gasteiger partial charge in [0.25, 0.3) is 0 Å². The topological polar surface area (TPSA) is 65.5 Å². The molecule has 1 fully saturated rings. The largest absolute Gasteiger partial charge is 0.325 e. The number of nitrogens with zero attached hydrogens (tertiary/aromatic N) is 3. The molecular formula is C15H24N4O2S. The highest BCUT2D eigenvalue weighted by atomic mass is 32.1. The van der Waals surface area contributed by atoms with Crippen LogP contribution < -0.4 is 5.32 Å². The maximum atomic E-state index is 12.3. The number of aromatic nitrogens is 1. The van der Waals surface area contributed by atoms with Crippen LogP contribution in [-0.4, -0.2) is 52.9 Å². The molecule has 1 aromatic rings. The SMILES string of the molecule is CCN(CC)C(=O)N1CCC(C(=O)Nc2nc(C)cs2)CC1. The highest BCUT2D eigenvalue weighted by Crippen LogP contribution is 2.22. The summed E-state index contributed by atoms with van der Waals surface area (Å²) in [6, 6.07) is 0.0828. The van der Waals surface area contributed by atoms with Crippen LogP contribution in [0.4, 0.5) is 9.93 Å². The van der Waals surface area contributed by atoms with Gasteiger partial charge in [0.2, 0.25) is 5.91 Å². The van der Waals surface area contributed by atoms with Gasteiger partial charge in [-0.25, -0.2) is 9.78 Å². The van der Waals surface area contributed by atoms with Crippen molar-refractivity contribution in [2.75, 3.05) is 31.5 Å². The number of aryl methyl sites for hydroxylation is 1. The Morgan fingerprint density at radius 1 is 1.36 bits per heavy atom. The summed E-state index contributed by atoms with van der Waals surface area (Å²) in [6.07, 6.45) is 1.42. The quantitative estimate of drug-likeness (QED) is 0.925. The lowest BCUT2D eigenvalue weighted by Crippen LogP contribution is -2.47. The van der Waals surface area contributed by atoms with Crippen LogP contribution in [-0.2, 0) is 4.79 Å². The average Bonchev–Trinajstić information content (AvgIpc) is 2.93. The molecule has 1 aliphatic heterocycles. The highest BCUT2D eigenvalue weighted by molar-refractivity contribution is 7.13. The lowest BCUT2D eigenvalue weighted by Gasteiger charge is -2.34. The van der Waals surface area contributed by atoms with Crippen molar-refractivity contribution in [1.82, 2.24) is 14.8 Å². The van der Waals surface area contributed by atoms with Crippen molar-refractivity contribution in [2.24, 2.45) is 5.92 Å². The van der Waals surface area contributed by atoms with Crippen molar-refractivity contribution >= 4 is 28.4 Å². The summed E-state index contributed by atoms with van der Waals surface area (Å²) >= 11 is 1.44. The fourth-order valence-electron chi connectivity index (χ4n) is 2.65. The molecule has 0 saturated carbocycles. The molecule has 0 aromatic carbocycles. The molecule has 1 aliphatic rings. The fraction of sp³-hybridized carbons (Fsp3) is 0.667. The first-order chi connectivity index (χ1) is 10.5. The number of carbonyl (C=O) groups is 2. The van der Waals surface area contributed by atoms with Crippen LogP contribution in [0.3, 0.4) is 0 Å². The summed E-state index contributed by atoms with van der Waals surface area (Å²) in [4.78, 5) is 32.4. The average molecular weight is 324 g/mol. The molecule has 22 heavy (non-hydrogen) atoms. The Bertz CT molecular complexity index is 519. The molecule has 2 heterocycles. The van der Waals surface area contributed by atoms with Crippen LogP contribution >= 0.6 is 11.3 Å². The molecular weight excluding hydrogens is 300 g/mol. The molecule has 0 radical (unpaired) electrons. The van der Waals surface area contributed by atoms with Gasteiger partial charge >= 0.3 is 6.03 Å². The predicted octanol–water partition coefficient (Wildman–Crippen LogP) is 2.56. The molecule has 0 aliphatic carbocycles. The summed E-state index contributed by atoms with van der Waals surface area (Å²) in [5.41, 5.74) is 0.917. The number of hydrogen-bond donors (Lipinski definition) is 1. The number of thiazole rings is 1. The van der Waals surface area contributed by atoms with Gasteiger partial charge in [-0.2, -0.15) is 0 Å². The molecule has 1 N–H and O–H groups in total. The van der Waals surface area contributed by atoms with E-state index in [0.29, 0.717) is 31.1 Å². The first-order valence-electron chi connectivity index (χ1n) is 7.82. The van der Waals surface area contributed by atoms with Gasteiger partial charge in [0, 0.05) is 37.5 Å². The van der Waals surface area contributed by atoms with E-state index in [1.165, 1.54) is 11.3 Å². The van der Waals surface area contributed by atoms with Crippen LogP contribution in [0.5, 0.6) is 0 Å². The Balaban J connectivity index is 1.83. The molecule has 6 nitrogen and oxygen atoms in total. The minimum Gasteiger partial charge on any atom is -0.325 e. The number of rotatable bonds is 4. The third-order valence-corrected chi connectivity index (χ3v) is 4.89. The third-order valence-electron chi connectivity index (χ3n) is 4.02. The van der Waals surface area contributed by atoms with Gasteiger partial charge in [-0.05, 0) is 33.6 Å². The van der Waals surface area contributed by atoms with Gasteiger partial charge in [0.1, 0.15) is 0 Å². The van der Waals surface area contributed by atoms with Crippen LogP contribution in [0.2, 0.25) is 0 Å². The summed E-state index contributed by atoms with van der Waals surface area (Å²) in [5, 5.41) is 5.45. The Kier molecular flexibility index (Phi) is 5.76. The normalized spacial score (nSPS) is 15.7. The van der Waals surface area contributed by atoms with Crippen molar-refractivity contribution in [3.8, 4) is 0 Å². The van der Waals surface area contributed by atoms with Crippen molar-refractivity contribution in [3.63, 3.8) is 0 Å². The van der Waals surface area contributed by atoms with E-state index in [-0.39, 0.29) is 17.9 Å². The first-order valence-corrected chi connectivity index (χ1v) is 8.70. The Morgan fingerprint density at radius 2 is 2.00 bits per heavy atom. The number of likely N-dealkylation sites (tertiary alicyclic amines) is 1. The highest BCUT2D eigenvalue weighted by Gasteiger charge is 2.29. The predicted molar refractivity (Wildman–Crippen MR) is 88.1 cm³/mol. The molecule has 0 bridgehead atoms. The van der Waals surface area contributed by atoms with E-state index in [1.54, 1.807) is 0 Å². The Labute approximate surface area is 135 Å². The van der Waals surface area contributed by atoms with E-state index in [9.17, 15) is 9.59 Å². The zero-order chi connectivity index (χ0) is 16.1. The fourth-order valence-corrected chi connectivity index (χ4v) is 3.34. The molecule has 1 saturated heterocycles. The number of amides is 3. The van der Waals surface area contributed by atoms with E-state index in [4.69, 9.17) is 0 Å². The minimum atomic E-state index is -0.0371. The van der Waals surface area contributed by atoms with Crippen LogP contribution in [0.15, 0.2) is 5.38 Å². The standard InChI is InChI=1S/C15H24N4O2S/c1-4-18(5-2)15(21)19-8-6-12(7-9-19)13(20)17-14-16-11(3)10-22-14/h10,12H,4-9H2,1-3H3,(H,16,17,20). The molecule has 7 heteroatoms. The number of carbonyl (C=O) groups excluding carboxylic acids is 2. The lowest BCUT2D eigenvalue weighted by atomic mass is 9.96. The van der Waals surface area contributed by atoms with Gasteiger partial charge in [-0.1, -0.05) is 0 Å². The minimum absolute atomic E-state index is 0.0179. The second kappa shape index (κ2) is 7.58. The Morgan fingerprint density at radius 3 is 2.50 bits per heavy atom. The van der Waals surface area contributed by atoms with Gasteiger partial charge < -0.3 is 15.1 Å². The molecule has 0 atom stereocenters. The van der Waals surface area contributed by atoms with Crippen molar-refractivity contribution in [3.05, 3.63) is 11.1 Å². The van der Waals surface area contributed by atoms with Crippen molar-refractivity contribution in [2.45, 2.75) is 33.6 Å². The molecule has 2 rings (SSSR count). The van der Waals surface area contributed by atoms with E-state index in [2.05, 4.69) is 10.3 Å². The molecule has 122 valence electrons. The number of urea groups is 1. The van der Waals surface area contributed by atoms with E-state index < -0.39 is 0 Å². The number of nitrogens with one attached hydrogen (secondary N) is 1. The second-order valence-electron chi connectivity index (χ2n) is 5.50. The maximum Gasteiger partial charge on any atom is 0.319 e. The number of piperidine rings is 1. The van der Waals surface area contributed by atoms with E-state index in [1.807, 2.05) is 36.0 Å². The van der Waals surface area contributed by atoms with Gasteiger partial charge in [-0.15, -0.1) is 11.3 Å². The summed E-state index contributed by atoms with van der Waals surface area (Å²) in [7, 11) is 0. The maximum absolute atomic E-state index is 12.3. The summed E-state index contributed by atoms with van der Waals surface area (Å²) in [5.74, 6) is -0.0192. The van der Waals surface area contributed by atoms with Crippen LogP contribution in [0.25, 0.3) is 0 Å². The van der Waals surface area contributed by atoms with Crippen LogP contribution in [0.1, 0.15) is 32.4 Å². The zero-order valence-corrected chi connectivity index (χ0v) is 14.3. The second-order valence-corrected chi connectivity index (χ2v) is 6.36. The van der Waals surface area contributed by atoms with Gasteiger partial charge in [-0.3, -0.25) is 4.79 Å². The molecule has 3 amide bonds. The molecule has 0 spiro atoms. The molecule has 0 unspecified atom stereocenters. The van der Waals surface area contributed by atoms with Crippen molar-refractivity contribution < 1.29 is 9.59 Å². The third kappa shape index (κ3) is 3.97. The monoisotopic (exact) mass is 324 g/mol. The number of anilines is 1. The van der Waals surface area contributed by atoms with E-state index >= 15 is 0 Å². The zero-order valence-electron chi connectivity index (χ0n) is 13.5. The molecule has 1 aromatic heterocycles. The van der Waals surface area contributed by atoms with Crippen LogP contribution in [0, 0.1) is 12.8 Å². The van der Waals surface area contributed by atoms with Crippen molar-refractivity contribution in [1.29, 1.82) is 0 Å². The van der Waals surface area contributed by atoms with Gasteiger partial charge in [0.15, 0.2) is 5.13 Å². The van der Waals surface area contributed by atoms with E-state index in [0.717, 1.165) is 18.8 Å². The Hall–Kier alpha value is -1.63. The van der Waals surface area contributed by atoms with Gasteiger partial charge in [0.05, 0.1) is 5.69 Å². The lowest BCUT2D eigenvalue weighted by molar-refractivity contribution is -0.121. The number of hydrogen-bond acceptors (Lipinski definition) is 4.